The third kappa shape index (κ3) is 4.20. The van der Waals surface area contributed by atoms with Crippen LogP contribution >= 0.6 is 11.6 Å². The molecule has 1 N–H and O–H groups in total. The monoisotopic (exact) mass is 374 g/mol. The van der Waals surface area contributed by atoms with Gasteiger partial charge in [0.15, 0.2) is 11.8 Å². The number of carbonyl (C=O) groups excluding carboxylic acids is 2. The van der Waals surface area contributed by atoms with Crippen LogP contribution in [0.15, 0.2) is 53.5 Å². The molecule has 1 aliphatic heterocycles. The molecule has 2 heterocycles. The van der Waals surface area contributed by atoms with Crippen molar-refractivity contribution in [2.45, 2.75) is 25.0 Å². The topological polar surface area (TPSA) is 77.4 Å². The summed E-state index contributed by atoms with van der Waals surface area (Å²) in [5.41, 5.74) is -0.132. The van der Waals surface area contributed by atoms with Gasteiger partial charge in [0.25, 0.3) is 11.5 Å². The molecule has 3 rings (SSSR count). The maximum Gasteiger partial charge on any atom is 0.251 e. The first kappa shape index (κ1) is 18.4. The van der Waals surface area contributed by atoms with Gasteiger partial charge in [-0.3, -0.25) is 19.0 Å². The number of benzene rings is 1. The minimum atomic E-state index is -1.33. The normalized spacial score (nSPS) is 17.7. The molecule has 6 nitrogen and oxygen atoms in total. The molecule has 136 valence electrons. The number of rotatable bonds is 6. The van der Waals surface area contributed by atoms with Gasteiger partial charge in [-0.05, 0) is 18.9 Å². The summed E-state index contributed by atoms with van der Waals surface area (Å²) in [5, 5.41) is 3.00. The minimum absolute atomic E-state index is 0.0671. The van der Waals surface area contributed by atoms with Crippen LogP contribution in [0.2, 0.25) is 5.02 Å². The van der Waals surface area contributed by atoms with E-state index in [9.17, 15) is 14.4 Å². The Morgan fingerprint density at radius 2 is 2.00 bits per heavy atom. The zero-order valence-corrected chi connectivity index (χ0v) is 14.8. The molecule has 7 heteroatoms. The number of ether oxygens (including phenoxy) is 1. The van der Waals surface area contributed by atoms with Crippen LogP contribution in [0, 0.1) is 0 Å². The van der Waals surface area contributed by atoms with Gasteiger partial charge in [0.1, 0.15) is 0 Å². The van der Waals surface area contributed by atoms with Gasteiger partial charge >= 0.3 is 0 Å². The van der Waals surface area contributed by atoms with Crippen LogP contribution in [0.25, 0.3) is 0 Å². The van der Waals surface area contributed by atoms with Crippen LogP contribution in [0.4, 0.5) is 0 Å². The van der Waals surface area contributed by atoms with E-state index in [0.29, 0.717) is 18.7 Å². The van der Waals surface area contributed by atoms with Crippen LogP contribution in [0.1, 0.15) is 29.2 Å². The van der Waals surface area contributed by atoms with Gasteiger partial charge in [-0.1, -0.05) is 41.9 Å². The SMILES string of the molecule is O=C(NC[C@H]1CCCO1)[C@@H](C(=O)c1ccccc1)n1cc(Cl)ccc1=O. The largest absolute Gasteiger partial charge is 0.376 e. The lowest BCUT2D eigenvalue weighted by Crippen LogP contribution is -2.43. The van der Waals surface area contributed by atoms with E-state index in [1.807, 2.05) is 0 Å². The fourth-order valence-electron chi connectivity index (χ4n) is 2.93. The highest BCUT2D eigenvalue weighted by molar-refractivity contribution is 6.30. The van der Waals surface area contributed by atoms with Crippen molar-refractivity contribution >= 4 is 23.3 Å². The Hall–Kier alpha value is -2.44. The fraction of sp³-hybridized carbons (Fsp3) is 0.316. The van der Waals surface area contributed by atoms with Crippen molar-refractivity contribution in [2.24, 2.45) is 0 Å². The summed E-state index contributed by atoms with van der Waals surface area (Å²) >= 11 is 5.97. The Balaban J connectivity index is 1.90. The number of hydrogen-bond acceptors (Lipinski definition) is 4. The number of amides is 1. The molecule has 1 amide bonds. The Kier molecular flexibility index (Phi) is 5.85. The van der Waals surface area contributed by atoms with Crippen molar-refractivity contribution in [1.29, 1.82) is 0 Å². The molecule has 1 aromatic carbocycles. The van der Waals surface area contributed by atoms with Crippen molar-refractivity contribution in [1.82, 2.24) is 9.88 Å². The third-order valence-electron chi connectivity index (χ3n) is 4.26. The Morgan fingerprint density at radius 3 is 2.69 bits per heavy atom. The van der Waals surface area contributed by atoms with Crippen molar-refractivity contribution in [2.75, 3.05) is 13.2 Å². The van der Waals surface area contributed by atoms with Gasteiger partial charge in [0, 0.05) is 31.0 Å². The lowest BCUT2D eigenvalue weighted by atomic mass is 10.0. The van der Waals surface area contributed by atoms with Crippen molar-refractivity contribution in [3.63, 3.8) is 0 Å². The summed E-state index contributed by atoms with van der Waals surface area (Å²) in [5.74, 6) is -1.03. The molecule has 1 fully saturated rings. The average Bonchev–Trinajstić information content (AvgIpc) is 3.17. The number of aromatic nitrogens is 1. The summed E-state index contributed by atoms with van der Waals surface area (Å²) < 4.78 is 6.56. The molecule has 1 saturated heterocycles. The fourth-order valence-corrected chi connectivity index (χ4v) is 3.09. The second kappa shape index (κ2) is 8.29. The average molecular weight is 375 g/mol. The highest BCUT2D eigenvalue weighted by Gasteiger charge is 2.31. The summed E-state index contributed by atoms with van der Waals surface area (Å²) in [6, 6.07) is 9.73. The highest BCUT2D eigenvalue weighted by atomic mass is 35.5. The van der Waals surface area contributed by atoms with E-state index in [1.165, 1.54) is 18.3 Å². The summed E-state index contributed by atoms with van der Waals surface area (Å²) in [7, 11) is 0. The first-order valence-corrected chi connectivity index (χ1v) is 8.80. The van der Waals surface area contributed by atoms with Crippen LogP contribution in [-0.2, 0) is 9.53 Å². The van der Waals surface area contributed by atoms with Crippen molar-refractivity contribution in [3.05, 3.63) is 69.6 Å². The molecule has 0 unspecified atom stereocenters. The standard InChI is InChI=1S/C19H19ClN2O4/c20-14-8-9-16(23)22(12-14)17(18(24)13-5-2-1-3-6-13)19(25)21-11-15-7-4-10-26-15/h1-3,5-6,8-9,12,15,17H,4,7,10-11H2,(H,21,25)/t15-,17-/m1/s1. The lowest BCUT2D eigenvalue weighted by Gasteiger charge is -2.20. The van der Waals surface area contributed by atoms with E-state index in [-0.39, 0.29) is 11.1 Å². The van der Waals surface area contributed by atoms with Crippen molar-refractivity contribution < 1.29 is 14.3 Å². The number of nitrogens with one attached hydrogen (secondary N) is 1. The number of ketones is 1. The van der Waals surface area contributed by atoms with Gasteiger partial charge in [0.05, 0.1) is 11.1 Å². The van der Waals surface area contributed by atoms with E-state index in [0.717, 1.165) is 17.4 Å². The molecular weight excluding hydrogens is 356 g/mol. The number of carbonyl (C=O) groups is 2. The zero-order chi connectivity index (χ0) is 18.5. The van der Waals surface area contributed by atoms with Gasteiger partial charge in [-0.25, -0.2) is 0 Å². The number of Topliss-reactive ketones (excluding diaryl/α,β-unsaturated/α-hetero) is 1. The Morgan fingerprint density at radius 1 is 1.23 bits per heavy atom. The molecule has 0 radical (unpaired) electrons. The maximum absolute atomic E-state index is 13.0. The Labute approximate surface area is 155 Å². The van der Waals surface area contributed by atoms with Crippen molar-refractivity contribution in [3.8, 4) is 0 Å². The predicted octanol–water partition coefficient (Wildman–Crippen LogP) is 2.22. The maximum atomic E-state index is 13.0. The number of nitrogens with zero attached hydrogens (tertiary/aromatic N) is 1. The Bertz CT molecular complexity index is 844. The van der Waals surface area contributed by atoms with Crippen LogP contribution in [0.5, 0.6) is 0 Å². The molecule has 2 atom stereocenters. The summed E-state index contributed by atoms with van der Waals surface area (Å²) in [6.45, 7) is 0.966. The quantitative estimate of drug-likeness (QED) is 0.621. The summed E-state index contributed by atoms with van der Waals surface area (Å²) in [6.07, 6.45) is 3.04. The second-order valence-corrected chi connectivity index (χ2v) is 6.54. The first-order chi connectivity index (χ1) is 12.6. The third-order valence-corrected chi connectivity index (χ3v) is 4.49. The predicted molar refractivity (Wildman–Crippen MR) is 97.5 cm³/mol. The van der Waals surface area contributed by atoms with Crippen LogP contribution in [-0.4, -0.2) is 35.5 Å². The van der Waals surface area contributed by atoms with Gasteiger partial charge in [-0.2, -0.15) is 0 Å². The van der Waals surface area contributed by atoms with E-state index in [1.54, 1.807) is 30.3 Å². The molecule has 0 saturated carbocycles. The number of halogens is 1. The highest BCUT2D eigenvalue weighted by Crippen LogP contribution is 2.17. The lowest BCUT2D eigenvalue weighted by molar-refractivity contribution is -0.123. The molecule has 26 heavy (non-hydrogen) atoms. The zero-order valence-electron chi connectivity index (χ0n) is 14.1. The van der Waals surface area contributed by atoms with Gasteiger partial charge < -0.3 is 10.1 Å². The molecular formula is C19H19ClN2O4. The van der Waals surface area contributed by atoms with Crippen LogP contribution in [0.3, 0.4) is 0 Å². The van der Waals surface area contributed by atoms with E-state index >= 15 is 0 Å². The molecule has 2 aromatic rings. The summed E-state index contributed by atoms with van der Waals surface area (Å²) in [4.78, 5) is 38.0. The molecule has 1 aromatic heterocycles. The van der Waals surface area contributed by atoms with E-state index < -0.39 is 23.3 Å². The molecule has 1 aliphatic rings. The molecule has 0 bridgehead atoms. The second-order valence-electron chi connectivity index (χ2n) is 6.11. The van der Waals surface area contributed by atoms with E-state index in [4.69, 9.17) is 16.3 Å². The smallest absolute Gasteiger partial charge is 0.251 e. The number of pyridine rings is 1. The first-order valence-electron chi connectivity index (χ1n) is 8.42. The van der Waals surface area contributed by atoms with Gasteiger partial charge in [0.2, 0.25) is 0 Å². The molecule has 0 spiro atoms. The van der Waals surface area contributed by atoms with Crippen LogP contribution < -0.4 is 10.9 Å². The molecule has 0 aliphatic carbocycles. The minimum Gasteiger partial charge on any atom is -0.376 e. The van der Waals surface area contributed by atoms with Gasteiger partial charge in [-0.15, -0.1) is 0 Å². The number of hydrogen-bond donors (Lipinski definition) is 1. The van der Waals surface area contributed by atoms with E-state index in [2.05, 4.69) is 5.32 Å².